The van der Waals surface area contributed by atoms with Crippen molar-refractivity contribution in [2.24, 2.45) is 0 Å². The number of aliphatic hydroxyl groups is 1. The molecular formula is C15H24BrNO4S. The number of hydrogen-bond donors (Lipinski definition) is 3. The van der Waals surface area contributed by atoms with Crippen LogP contribution < -0.4 is 5.32 Å². The summed E-state index contributed by atoms with van der Waals surface area (Å²) < 4.78 is 22.8. The van der Waals surface area contributed by atoms with E-state index in [1.165, 1.54) is 0 Å². The maximum Gasteiger partial charge on any atom is 0.151 e. The number of aromatic hydroxyl groups is 1. The number of rotatable bonds is 5. The Morgan fingerprint density at radius 3 is 2.59 bits per heavy atom. The Morgan fingerprint density at radius 2 is 1.95 bits per heavy atom. The molecule has 22 heavy (non-hydrogen) atoms. The minimum atomic E-state index is -3.17. The predicted octanol–water partition coefficient (Wildman–Crippen LogP) is 1.56. The van der Waals surface area contributed by atoms with Gasteiger partial charge in [0.25, 0.3) is 0 Å². The summed E-state index contributed by atoms with van der Waals surface area (Å²) in [5, 5.41) is 22.4. The highest BCUT2D eigenvalue weighted by Crippen LogP contribution is 2.23. The first kappa shape index (κ1) is 19.4. The van der Waals surface area contributed by atoms with Gasteiger partial charge in [-0.2, -0.15) is 0 Å². The van der Waals surface area contributed by atoms with Gasteiger partial charge in [-0.05, 0) is 30.9 Å². The van der Waals surface area contributed by atoms with Crippen molar-refractivity contribution in [1.29, 1.82) is 0 Å². The molecule has 1 aromatic rings. The van der Waals surface area contributed by atoms with Gasteiger partial charge in [0, 0.05) is 23.9 Å². The summed E-state index contributed by atoms with van der Waals surface area (Å²) in [5.41, 5.74) is 1.45. The number of piperidine rings is 1. The van der Waals surface area contributed by atoms with Gasteiger partial charge in [-0.15, -0.1) is 17.0 Å². The van der Waals surface area contributed by atoms with E-state index in [2.05, 4.69) is 5.32 Å². The molecule has 0 bridgehead atoms. The minimum absolute atomic E-state index is 0. The zero-order valence-corrected chi connectivity index (χ0v) is 15.2. The van der Waals surface area contributed by atoms with Crippen LogP contribution in [0.15, 0.2) is 18.2 Å². The molecule has 0 amide bonds. The first-order valence-electron chi connectivity index (χ1n) is 7.23. The van der Waals surface area contributed by atoms with E-state index in [1.807, 2.05) is 6.07 Å². The quantitative estimate of drug-likeness (QED) is 0.706. The highest BCUT2D eigenvalue weighted by Gasteiger charge is 2.21. The molecule has 0 aromatic heterocycles. The maximum atomic E-state index is 11.4. The van der Waals surface area contributed by atoms with Crippen LogP contribution >= 0.6 is 17.0 Å². The SMILES string of the molecule is Br.CS(=O)(=O)Cc1cc(CC2CCCC(CO)N2)ccc1O. The van der Waals surface area contributed by atoms with E-state index in [9.17, 15) is 18.6 Å². The zero-order chi connectivity index (χ0) is 15.5. The van der Waals surface area contributed by atoms with E-state index in [1.54, 1.807) is 12.1 Å². The van der Waals surface area contributed by atoms with E-state index in [4.69, 9.17) is 0 Å². The second-order valence-electron chi connectivity index (χ2n) is 5.91. The maximum absolute atomic E-state index is 11.4. The summed E-state index contributed by atoms with van der Waals surface area (Å²) in [6.45, 7) is 0.144. The zero-order valence-electron chi connectivity index (χ0n) is 12.7. The number of phenolic OH excluding ortho intramolecular Hbond substituents is 1. The van der Waals surface area contributed by atoms with Gasteiger partial charge in [0.05, 0.1) is 12.4 Å². The van der Waals surface area contributed by atoms with Crippen LogP contribution in [-0.4, -0.2) is 43.6 Å². The molecule has 0 saturated carbocycles. The summed E-state index contributed by atoms with van der Waals surface area (Å²) in [6, 6.07) is 5.58. The normalized spacial score (nSPS) is 22.1. The van der Waals surface area contributed by atoms with Crippen LogP contribution in [0.4, 0.5) is 0 Å². The second kappa shape index (κ2) is 8.29. The Morgan fingerprint density at radius 1 is 1.27 bits per heavy atom. The number of aliphatic hydroxyl groups excluding tert-OH is 1. The lowest BCUT2D eigenvalue weighted by molar-refractivity contribution is 0.197. The molecule has 0 aliphatic carbocycles. The highest BCUT2D eigenvalue weighted by atomic mass is 79.9. The van der Waals surface area contributed by atoms with Crippen molar-refractivity contribution in [1.82, 2.24) is 5.32 Å². The van der Waals surface area contributed by atoms with Gasteiger partial charge in [-0.1, -0.05) is 18.6 Å². The van der Waals surface area contributed by atoms with Crippen LogP contribution in [0.1, 0.15) is 30.4 Å². The molecule has 2 atom stereocenters. The third-order valence-corrected chi connectivity index (χ3v) is 4.68. The molecule has 1 fully saturated rings. The number of hydrogen-bond acceptors (Lipinski definition) is 5. The summed E-state index contributed by atoms with van der Waals surface area (Å²) in [5.74, 6) is -0.127. The average Bonchev–Trinajstić information content (AvgIpc) is 2.41. The number of phenols is 1. The van der Waals surface area contributed by atoms with E-state index in [0.717, 1.165) is 37.5 Å². The van der Waals surface area contributed by atoms with Gasteiger partial charge < -0.3 is 15.5 Å². The van der Waals surface area contributed by atoms with Crippen LogP contribution in [0.2, 0.25) is 0 Å². The monoisotopic (exact) mass is 393 g/mol. The van der Waals surface area contributed by atoms with Crippen LogP contribution in [-0.2, 0) is 22.0 Å². The molecule has 0 radical (unpaired) electrons. The fraction of sp³-hybridized carbons (Fsp3) is 0.600. The van der Waals surface area contributed by atoms with Crippen molar-refractivity contribution in [2.75, 3.05) is 12.9 Å². The number of halogens is 1. The van der Waals surface area contributed by atoms with Crippen molar-refractivity contribution in [3.63, 3.8) is 0 Å². The van der Waals surface area contributed by atoms with Crippen LogP contribution in [0, 0.1) is 0 Å². The van der Waals surface area contributed by atoms with E-state index in [0.29, 0.717) is 5.56 Å². The predicted molar refractivity (Wildman–Crippen MR) is 92.3 cm³/mol. The van der Waals surface area contributed by atoms with Crippen LogP contribution in [0.5, 0.6) is 5.75 Å². The Kier molecular flexibility index (Phi) is 7.31. The number of benzene rings is 1. The molecule has 0 spiro atoms. The minimum Gasteiger partial charge on any atom is -0.508 e. The summed E-state index contributed by atoms with van der Waals surface area (Å²) in [7, 11) is -3.17. The lowest BCUT2D eigenvalue weighted by atomic mass is 9.93. The fourth-order valence-corrected chi connectivity index (χ4v) is 3.66. The Balaban J connectivity index is 0.00000242. The lowest BCUT2D eigenvalue weighted by Crippen LogP contribution is -2.45. The van der Waals surface area contributed by atoms with Crippen molar-refractivity contribution < 1.29 is 18.6 Å². The third-order valence-electron chi connectivity index (χ3n) is 3.84. The first-order valence-corrected chi connectivity index (χ1v) is 9.29. The lowest BCUT2D eigenvalue weighted by Gasteiger charge is -2.30. The van der Waals surface area contributed by atoms with Gasteiger partial charge in [0.1, 0.15) is 5.75 Å². The Hall–Kier alpha value is -0.630. The second-order valence-corrected chi connectivity index (χ2v) is 8.05. The highest BCUT2D eigenvalue weighted by molar-refractivity contribution is 8.93. The molecule has 126 valence electrons. The molecule has 3 N–H and O–H groups in total. The van der Waals surface area contributed by atoms with Crippen molar-refractivity contribution in [3.05, 3.63) is 29.3 Å². The van der Waals surface area contributed by atoms with E-state index >= 15 is 0 Å². The van der Waals surface area contributed by atoms with Gasteiger partial charge in [-0.3, -0.25) is 0 Å². The molecule has 2 unspecified atom stereocenters. The van der Waals surface area contributed by atoms with Crippen molar-refractivity contribution in [3.8, 4) is 5.75 Å². The van der Waals surface area contributed by atoms with Crippen LogP contribution in [0.25, 0.3) is 0 Å². The summed E-state index contributed by atoms with van der Waals surface area (Å²) >= 11 is 0. The molecule has 5 nitrogen and oxygen atoms in total. The molecule has 1 aliphatic rings. The molecular weight excluding hydrogens is 370 g/mol. The van der Waals surface area contributed by atoms with Gasteiger partial charge in [0.2, 0.25) is 0 Å². The molecule has 1 saturated heterocycles. The third kappa shape index (κ3) is 5.87. The Bertz CT molecular complexity index is 591. The smallest absolute Gasteiger partial charge is 0.151 e. The molecule has 1 aliphatic heterocycles. The fourth-order valence-electron chi connectivity index (χ4n) is 2.86. The van der Waals surface area contributed by atoms with Gasteiger partial charge >= 0.3 is 0 Å². The van der Waals surface area contributed by atoms with Gasteiger partial charge in [0.15, 0.2) is 9.84 Å². The Labute approximate surface area is 142 Å². The topological polar surface area (TPSA) is 86.6 Å². The summed E-state index contributed by atoms with van der Waals surface area (Å²) in [6.07, 6.45) is 5.04. The van der Waals surface area contributed by atoms with Gasteiger partial charge in [-0.25, -0.2) is 8.42 Å². The van der Waals surface area contributed by atoms with E-state index in [-0.39, 0.29) is 47.2 Å². The molecule has 2 rings (SSSR count). The van der Waals surface area contributed by atoms with Crippen molar-refractivity contribution >= 4 is 26.8 Å². The number of nitrogens with one attached hydrogen (secondary N) is 1. The molecule has 7 heteroatoms. The average molecular weight is 394 g/mol. The molecule has 1 heterocycles. The first-order chi connectivity index (χ1) is 9.87. The van der Waals surface area contributed by atoms with Crippen LogP contribution in [0.3, 0.4) is 0 Å². The largest absolute Gasteiger partial charge is 0.508 e. The molecule has 1 aromatic carbocycles. The van der Waals surface area contributed by atoms with E-state index < -0.39 is 9.84 Å². The van der Waals surface area contributed by atoms with Crippen molar-refractivity contribution in [2.45, 2.75) is 43.5 Å². The summed E-state index contributed by atoms with van der Waals surface area (Å²) in [4.78, 5) is 0. The standard InChI is InChI=1S/C15H23NO4S.BrH/c1-21(19,20)10-12-7-11(5-6-15(12)18)8-13-3-2-4-14(9-17)16-13;/h5-7,13-14,16-18H,2-4,8-10H2,1H3;1H. The number of sulfone groups is 1.